The Balaban J connectivity index is 2.12. The molecule has 2 rings (SSSR count). The number of hydrogen-bond donors (Lipinski definition) is 3. The standard InChI is InChI=1S/C13H16N6O4S/c1-15-12(22)16-10(21)7-24-13-18-17-11(8-3-2-6-23-8)19(13)5-4-9(14)20/h2-3,6H,4-5,7H2,1H3,(H2,14,20)(H2,15,16,21,22). The van der Waals surface area contributed by atoms with Gasteiger partial charge in [-0.2, -0.15) is 0 Å². The van der Waals surface area contributed by atoms with Crippen LogP contribution in [-0.2, 0) is 16.1 Å². The van der Waals surface area contributed by atoms with Crippen LogP contribution in [0.5, 0.6) is 0 Å². The first-order chi connectivity index (χ1) is 11.5. The minimum absolute atomic E-state index is 0.0414. The molecule has 0 aliphatic carbocycles. The van der Waals surface area contributed by atoms with Crippen molar-refractivity contribution in [3.05, 3.63) is 18.4 Å². The van der Waals surface area contributed by atoms with Crippen LogP contribution in [0.15, 0.2) is 28.0 Å². The van der Waals surface area contributed by atoms with Gasteiger partial charge in [-0.3, -0.25) is 19.5 Å². The van der Waals surface area contributed by atoms with E-state index in [-0.39, 0.29) is 18.7 Å². The lowest BCUT2D eigenvalue weighted by molar-refractivity contribution is -0.118. The fourth-order valence-electron chi connectivity index (χ4n) is 1.76. The molecule has 0 atom stereocenters. The van der Waals surface area contributed by atoms with Gasteiger partial charge < -0.3 is 15.5 Å². The zero-order valence-corrected chi connectivity index (χ0v) is 13.6. The van der Waals surface area contributed by atoms with Crippen LogP contribution >= 0.6 is 11.8 Å². The third-order valence-corrected chi connectivity index (χ3v) is 3.82. The molecule has 4 amide bonds. The second-order valence-electron chi connectivity index (χ2n) is 4.57. The zero-order chi connectivity index (χ0) is 17.5. The molecular weight excluding hydrogens is 336 g/mol. The lowest BCUT2D eigenvalue weighted by Gasteiger charge is -2.08. The van der Waals surface area contributed by atoms with E-state index in [1.54, 1.807) is 16.7 Å². The summed E-state index contributed by atoms with van der Waals surface area (Å²) >= 11 is 1.08. The number of rotatable bonds is 7. The molecule has 2 heterocycles. The number of urea groups is 1. The number of amides is 4. The fraction of sp³-hybridized carbons (Fsp3) is 0.308. The molecule has 2 aromatic heterocycles. The molecule has 0 saturated heterocycles. The van der Waals surface area contributed by atoms with Gasteiger partial charge in [0.1, 0.15) is 0 Å². The molecule has 11 heteroatoms. The predicted molar refractivity (Wildman–Crippen MR) is 84.9 cm³/mol. The molecule has 0 aliphatic rings. The summed E-state index contributed by atoms with van der Waals surface area (Å²) in [5.74, 6) is -0.0878. The molecule has 128 valence electrons. The second-order valence-corrected chi connectivity index (χ2v) is 5.51. The number of nitrogens with two attached hydrogens (primary N) is 1. The van der Waals surface area contributed by atoms with Gasteiger partial charge in [0, 0.05) is 20.0 Å². The minimum atomic E-state index is -0.591. The van der Waals surface area contributed by atoms with Gasteiger partial charge in [0.05, 0.1) is 12.0 Å². The van der Waals surface area contributed by atoms with Gasteiger partial charge in [0.25, 0.3) is 0 Å². The Hall–Kier alpha value is -2.82. The number of nitrogens with zero attached hydrogens (tertiary/aromatic N) is 3. The highest BCUT2D eigenvalue weighted by Crippen LogP contribution is 2.24. The Morgan fingerprint density at radius 3 is 2.79 bits per heavy atom. The highest BCUT2D eigenvalue weighted by molar-refractivity contribution is 7.99. The molecule has 0 aromatic carbocycles. The van der Waals surface area contributed by atoms with Crippen molar-refractivity contribution in [3.63, 3.8) is 0 Å². The molecule has 4 N–H and O–H groups in total. The quantitative estimate of drug-likeness (QED) is 0.593. The minimum Gasteiger partial charge on any atom is -0.461 e. The maximum atomic E-state index is 11.7. The van der Waals surface area contributed by atoms with Crippen LogP contribution in [0.1, 0.15) is 6.42 Å². The van der Waals surface area contributed by atoms with Crippen molar-refractivity contribution >= 4 is 29.6 Å². The van der Waals surface area contributed by atoms with Crippen LogP contribution in [0, 0.1) is 0 Å². The number of aromatic nitrogens is 3. The molecule has 10 nitrogen and oxygen atoms in total. The first kappa shape index (κ1) is 17.5. The van der Waals surface area contributed by atoms with Gasteiger partial charge >= 0.3 is 6.03 Å². The van der Waals surface area contributed by atoms with E-state index in [9.17, 15) is 14.4 Å². The fourth-order valence-corrected chi connectivity index (χ4v) is 2.53. The molecular formula is C13H16N6O4S. The van der Waals surface area contributed by atoms with Crippen molar-refractivity contribution in [1.82, 2.24) is 25.4 Å². The van der Waals surface area contributed by atoms with E-state index < -0.39 is 17.8 Å². The summed E-state index contributed by atoms with van der Waals surface area (Å²) in [5, 5.41) is 12.9. The SMILES string of the molecule is CNC(=O)NC(=O)CSc1nnc(-c2ccco2)n1CCC(N)=O. The summed E-state index contributed by atoms with van der Waals surface area (Å²) in [6.07, 6.45) is 1.58. The summed E-state index contributed by atoms with van der Waals surface area (Å²) in [6.45, 7) is 0.248. The molecule has 0 spiro atoms. The van der Waals surface area contributed by atoms with Crippen LogP contribution < -0.4 is 16.4 Å². The van der Waals surface area contributed by atoms with Crippen molar-refractivity contribution in [3.8, 4) is 11.6 Å². The third kappa shape index (κ3) is 4.59. The van der Waals surface area contributed by atoms with E-state index in [0.29, 0.717) is 16.7 Å². The molecule has 0 unspecified atom stereocenters. The number of hydrogen-bond acceptors (Lipinski definition) is 7. The number of furan rings is 1. The Labute approximate surface area is 141 Å². The third-order valence-electron chi connectivity index (χ3n) is 2.85. The normalized spacial score (nSPS) is 10.4. The topological polar surface area (TPSA) is 145 Å². The van der Waals surface area contributed by atoms with E-state index >= 15 is 0 Å². The number of nitrogens with one attached hydrogen (secondary N) is 2. The van der Waals surface area contributed by atoms with Gasteiger partial charge in [-0.05, 0) is 12.1 Å². The predicted octanol–water partition coefficient (Wildman–Crippen LogP) is -0.0388. The maximum absolute atomic E-state index is 11.7. The molecule has 0 fully saturated rings. The van der Waals surface area contributed by atoms with E-state index in [1.165, 1.54) is 13.3 Å². The molecule has 24 heavy (non-hydrogen) atoms. The van der Waals surface area contributed by atoms with Crippen LogP contribution in [0.25, 0.3) is 11.6 Å². The lowest BCUT2D eigenvalue weighted by atomic mass is 10.3. The summed E-state index contributed by atoms with van der Waals surface area (Å²) < 4.78 is 6.93. The average molecular weight is 352 g/mol. The number of imide groups is 1. The van der Waals surface area contributed by atoms with E-state index in [1.807, 2.05) is 0 Å². The first-order valence-electron chi connectivity index (χ1n) is 6.91. The van der Waals surface area contributed by atoms with Crippen molar-refractivity contribution < 1.29 is 18.8 Å². The molecule has 0 aliphatic heterocycles. The van der Waals surface area contributed by atoms with Gasteiger partial charge in [0.15, 0.2) is 16.7 Å². The highest BCUT2D eigenvalue weighted by atomic mass is 32.2. The van der Waals surface area contributed by atoms with Crippen LogP contribution in [0.4, 0.5) is 4.79 Å². The molecule has 0 saturated carbocycles. The summed E-state index contributed by atoms with van der Waals surface area (Å²) in [6, 6.07) is 2.82. The van der Waals surface area contributed by atoms with E-state index in [2.05, 4.69) is 20.8 Å². The summed E-state index contributed by atoms with van der Waals surface area (Å²) in [5.41, 5.74) is 5.19. The van der Waals surface area contributed by atoms with Crippen LogP contribution in [-0.4, -0.2) is 45.4 Å². The van der Waals surface area contributed by atoms with Gasteiger partial charge in [-0.1, -0.05) is 11.8 Å². The van der Waals surface area contributed by atoms with Gasteiger partial charge in [0.2, 0.25) is 11.8 Å². The Morgan fingerprint density at radius 2 is 2.17 bits per heavy atom. The average Bonchev–Trinajstić information content (AvgIpc) is 3.19. The Kier molecular flexibility index (Phi) is 5.95. The van der Waals surface area contributed by atoms with Crippen molar-refractivity contribution in [2.45, 2.75) is 18.1 Å². The Bertz CT molecular complexity index is 727. The van der Waals surface area contributed by atoms with Gasteiger partial charge in [-0.15, -0.1) is 10.2 Å². The second kappa shape index (κ2) is 8.15. The molecule has 0 radical (unpaired) electrons. The lowest BCUT2D eigenvalue weighted by Crippen LogP contribution is -2.38. The maximum Gasteiger partial charge on any atom is 0.321 e. The Morgan fingerprint density at radius 1 is 1.38 bits per heavy atom. The number of primary amides is 1. The van der Waals surface area contributed by atoms with Gasteiger partial charge in [-0.25, -0.2) is 4.79 Å². The summed E-state index contributed by atoms with van der Waals surface area (Å²) in [7, 11) is 1.41. The van der Waals surface area contributed by atoms with E-state index in [0.717, 1.165) is 11.8 Å². The van der Waals surface area contributed by atoms with Crippen molar-refractivity contribution in [1.29, 1.82) is 0 Å². The molecule has 2 aromatic rings. The monoisotopic (exact) mass is 352 g/mol. The van der Waals surface area contributed by atoms with E-state index in [4.69, 9.17) is 10.2 Å². The van der Waals surface area contributed by atoms with Crippen molar-refractivity contribution in [2.24, 2.45) is 5.73 Å². The zero-order valence-electron chi connectivity index (χ0n) is 12.8. The largest absolute Gasteiger partial charge is 0.461 e. The van der Waals surface area contributed by atoms with Crippen LogP contribution in [0.2, 0.25) is 0 Å². The smallest absolute Gasteiger partial charge is 0.321 e. The van der Waals surface area contributed by atoms with Crippen molar-refractivity contribution in [2.75, 3.05) is 12.8 Å². The molecule has 0 bridgehead atoms. The summed E-state index contributed by atoms with van der Waals surface area (Å²) in [4.78, 5) is 33.8. The van der Waals surface area contributed by atoms with Crippen LogP contribution in [0.3, 0.4) is 0 Å². The first-order valence-corrected chi connectivity index (χ1v) is 7.89. The number of thioether (sulfide) groups is 1. The number of carbonyl (C=O) groups is 3. The highest BCUT2D eigenvalue weighted by Gasteiger charge is 2.18. The number of carbonyl (C=O) groups excluding carboxylic acids is 3.